The number of rotatable bonds is 5. The fraction of sp³-hybridized carbons (Fsp3) is 0.889. The lowest BCUT2D eigenvalue weighted by Gasteiger charge is -2.20. The highest BCUT2D eigenvalue weighted by molar-refractivity contribution is 7.80. The zero-order valence-electron chi connectivity index (χ0n) is 9.05. The van der Waals surface area contributed by atoms with Crippen molar-refractivity contribution in [1.29, 1.82) is 0 Å². The van der Waals surface area contributed by atoms with Crippen LogP contribution in [0.5, 0.6) is 0 Å². The standard InChI is InChI=1S/C9H21N3S/c1-5-6-10-9(13)11-8(2)7-12(3)4/h8H,5-7H2,1-4H3,(H2,10,11,13). The number of thiocarbonyl (C=S) groups is 1. The van der Waals surface area contributed by atoms with Gasteiger partial charge >= 0.3 is 0 Å². The summed E-state index contributed by atoms with van der Waals surface area (Å²) in [4.78, 5) is 2.14. The SMILES string of the molecule is CCCNC(=S)NC(C)CN(C)C. The van der Waals surface area contributed by atoms with E-state index in [0.717, 1.165) is 24.6 Å². The molecule has 0 rings (SSSR count). The quantitative estimate of drug-likeness (QED) is 0.647. The first-order chi connectivity index (χ1) is 6.06. The van der Waals surface area contributed by atoms with Gasteiger partial charge in [-0.1, -0.05) is 6.92 Å². The van der Waals surface area contributed by atoms with Crippen LogP contribution in [0.25, 0.3) is 0 Å². The fourth-order valence-electron chi connectivity index (χ4n) is 1.11. The molecule has 0 aliphatic heterocycles. The predicted molar refractivity (Wildman–Crippen MR) is 62.0 cm³/mol. The van der Waals surface area contributed by atoms with Crippen molar-refractivity contribution in [2.24, 2.45) is 0 Å². The van der Waals surface area contributed by atoms with E-state index in [1.165, 1.54) is 0 Å². The van der Waals surface area contributed by atoms with Crippen molar-refractivity contribution in [3.05, 3.63) is 0 Å². The molecule has 0 amide bonds. The molecule has 0 bridgehead atoms. The number of hydrogen-bond donors (Lipinski definition) is 2. The summed E-state index contributed by atoms with van der Waals surface area (Å²) in [6, 6.07) is 0.395. The van der Waals surface area contributed by atoms with Crippen LogP contribution >= 0.6 is 12.2 Å². The summed E-state index contributed by atoms with van der Waals surface area (Å²) in [5.74, 6) is 0. The Morgan fingerprint density at radius 3 is 2.54 bits per heavy atom. The van der Waals surface area contributed by atoms with E-state index in [9.17, 15) is 0 Å². The van der Waals surface area contributed by atoms with Gasteiger partial charge in [0, 0.05) is 19.1 Å². The highest BCUT2D eigenvalue weighted by atomic mass is 32.1. The predicted octanol–water partition coefficient (Wildman–Crippen LogP) is 0.811. The maximum absolute atomic E-state index is 5.11. The van der Waals surface area contributed by atoms with E-state index in [2.05, 4.69) is 43.5 Å². The Bertz CT molecular complexity index is 148. The summed E-state index contributed by atoms with van der Waals surface area (Å²) in [5.41, 5.74) is 0. The molecule has 3 nitrogen and oxygen atoms in total. The Morgan fingerprint density at radius 2 is 2.08 bits per heavy atom. The van der Waals surface area contributed by atoms with Crippen LogP contribution in [0, 0.1) is 0 Å². The smallest absolute Gasteiger partial charge is 0.166 e. The summed E-state index contributed by atoms with van der Waals surface area (Å²) in [5, 5.41) is 7.12. The molecule has 78 valence electrons. The van der Waals surface area contributed by atoms with Gasteiger partial charge in [0.2, 0.25) is 0 Å². The summed E-state index contributed by atoms with van der Waals surface area (Å²) in [6.07, 6.45) is 1.10. The molecule has 0 spiro atoms. The summed E-state index contributed by atoms with van der Waals surface area (Å²) < 4.78 is 0. The van der Waals surface area contributed by atoms with E-state index in [-0.39, 0.29) is 0 Å². The topological polar surface area (TPSA) is 27.3 Å². The first-order valence-corrected chi connectivity index (χ1v) is 5.16. The molecule has 0 aliphatic rings. The van der Waals surface area contributed by atoms with Gasteiger partial charge < -0.3 is 15.5 Å². The molecule has 0 saturated carbocycles. The van der Waals surface area contributed by atoms with Crippen molar-refractivity contribution in [1.82, 2.24) is 15.5 Å². The Labute approximate surface area is 86.9 Å². The first-order valence-electron chi connectivity index (χ1n) is 4.75. The van der Waals surface area contributed by atoms with Gasteiger partial charge in [-0.2, -0.15) is 0 Å². The molecule has 0 fully saturated rings. The second-order valence-corrected chi connectivity index (χ2v) is 3.97. The van der Waals surface area contributed by atoms with Crippen LogP contribution < -0.4 is 10.6 Å². The minimum atomic E-state index is 0.395. The monoisotopic (exact) mass is 203 g/mol. The van der Waals surface area contributed by atoms with Crippen LogP contribution in [0.3, 0.4) is 0 Å². The molecule has 13 heavy (non-hydrogen) atoms. The van der Waals surface area contributed by atoms with E-state index in [1.54, 1.807) is 0 Å². The fourth-order valence-corrected chi connectivity index (χ4v) is 1.41. The lowest BCUT2D eigenvalue weighted by atomic mass is 10.3. The van der Waals surface area contributed by atoms with Gasteiger partial charge in [-0.25, -0.2) is 0 Å². The van der Waals surface area contributed by atoms with Gasteiger partial charge in [0.15, 0.2) is 5.11 Å². The second-order valence-electron chi connectivity index (χ2n) is 3.56. The molecular weight excluding hydrogens is 182 g/mol. The van der Waals surface area contributed by atoms with Gasteiger partial charge in [0.1, 0.15) is 0 Å². The average molecular weight is 203 g/mol. The number of nitrogens with zero attached hydrogens (tertiary/aromatic N) is 1. The van der Waals surface area contributed by atoms with E-state index in [0.29, 0.717) is 6.04 Å². The zero-order chi connectivity index (χ0) is 10.3. The van der Waals surface area contributed by atoms with Crippen molar-refractivity contribution in [2.45, 2.75) is 26.3 Å². The summed E-state index contributed by atoms with van der Waals surface area (Å²) in [6.45, 7) is 6.19. The molecule has 0 heterocycles. The van der Waals surface area contributed by atoms with Gasteiger partial charge in [0.25, 0.3) is 0 Å². The highest BCUT2D eigenvalue weighted by Gasteiger charge is 2.03. The maximum atomic E-state index is 5.11. The molecule has 0 radical (unpaired) electrons. The molecule has 0 aromatic carbocycles. The van der Waals surface area contributed by atoms with Gasteiger partial charge in [-0.05, 0) is 39.7 Å². The minimum absolute atomic E-state index is 0.395. The lowest BCUT2D eigenvalue weighted by molar-refractivity contribution is 0.369. The molecule has 0 aromatic heterocycles. The number of likely N-dealkylation sites (N-methyl/N-ethyl adjacent to an activating group) is 1. The minimum Gasteiger partial charge on any atom is -0.363 e. The van der Waals surface area contributed by atoms with Crippen molar-refractivity contribution < 1.29 is 0 Å². The molecule has 2 N–H and O–H groups in total. The van der Waals surface area contributed by atoms with Gasteiger partial charge in [-0.3, -0.25) is 0 Å². The number of hydrogen-bond acceptors (Lipinski definition) is 2. The van der Waals surface area contributed by atoms with Crippen LogP contribution in [0.1, 0.15) is 20.3 Å². The third-order valence-electron chi connectivity index (χ3n) is 1.55. The van der Waals surface area contributed by atoms with Gasteiger partial charge in [0.05, 0.1) is 0 Å². The highest BCUT2D eigenvalue weighted by Crippen LogP contribution is 1.84. The van der Waals surface area contributed by atoms with Crippen LogP contribution in [-0.2, 0) is 0 Å². The molecular formula is C9H21N3S. The first kappa shape index (κ1) is 12.7. The largest absolute Gasteiger partial charge is 0.363 e. The van der Waals surface area contributed by atoms with E-state index < -0.39 is 0 Å². The normalized spacial score (nSPS) is 12.7. The Kier molecular flexibility index (Phi) is 6.90. The lowest BCUT2D eigenvalue weighted by Crippen LogP contribution is -2.44. The molecule has 1 atom stereocenters. The second kappa shape index (κ2) is 7.09. The molecule has 1 unspecified atom stereocenters. The third kappa shape index (κ3) is 7.99. The molecule has 0 aliphatic carbocycles. The Hall–Kier alpha value is -0.350. The van der Waals surface area contributed by atoms with Crippen LogP contribution in [0.15, 0.2) is 0 Å². The van der Waals surface area contributed by atoms with Crippen molar-refractivity contribution in [3.63, 3.8) is 0 Å². The maximum Gasteiger partial charge on any atom is 0.166 e. The number of nitrogens with one attached hydrogen (secondary N) is 2. The molecule has 0 saturated heterocycles. The van der Waals surface area contributed by atoms with Crippen LogP contribution in [0.4, 0.5) is 0 Å². The van der Waals surface area contributed by atoms with Crippen molar-refractivity contribution in [2.75, 3.05) is 27.2 Å². The summed E-state index contributed by atoms with van der Waals surface area (Å²) in [7, 11) is 4.11. The molecule has 4 heteroatoms. The average Bonchev–Trinajstić information content (AvgIpc) is 1.98. The van der Waals surface area contributed by atoms with Gasteiger partial charge in [-0.15, -0.1) is 0 Å². The van der Waals surface area contributed by atoms with Crippen molar-refractivity contribution in [3.8, 4) is 0 Å². The van der Waals surface area contributed by atoms with E-state index in [1.807, 2.05) is 0 Å². The Balaban J connectivity index is 3.53. The summed E-state index contributed by atoms with van der Waals surface area (Å²) >= 11 is 5.11. The van der Waals surface area contributed by atoms with E-state index >= 15 is 0 Å². The van der Waals surface area contributed by atoms with Crippen LogP contribution in [0.2, 0.25) is 0 Å². The van der Waals surface area contributed by atoms with Crippen molar-refractivity contribution >= 4 is 17.3 Å². The molecule has 0 aromatic rings. The zero-order valence-corrected chi connectivity index (χ0v) is 9.87. The Morgan fingerprint density at radius 1 is 1.46 bits per heavy atom. The van der Waals surface area contributed by atoms with E-state index in [4.69, 9.17) is 12.2 Å². The third-order valence-corrected chi connectivity index (χ3v) is 1.81. The van der Waals surface area contributed by atoms with Crippen LogP contribution in [-0.4, -0.2) is 43.2 Å².